The zero-order valence-electron chi connectivity index (χ0n) is 3.79. The first-order valence-corrected chi connectivity index (χ1v) is 3.53. The third-order valence-electron chi connectivity index (χ3n) is 0.427. The number of alkyl halides is 3. The fraction of sp³-hybridized carbons (Fsp3) is 1.00. The average molecular weight is 238 g/mol. The molecule has 0 saturated heterocycles. The third-order valence-corrected chi connectivity index (χ3v) is 2.62. The molecule has 0 fully saturated rings. The van der Waals surface area contributed by atoms with Crippen LogP contribution in [0.3, 0.4) is 0 Å². The molecule has 0 N–H and O–H groups in total. The molecule has 0 spiro atoms. The lowest BCUT2D eigenvalue weighted by molar-refractivity contribution is 0.230. The lowest BCUT2D eigenvalue weighted by Crippen LogP contribution is -2.16. The SMILES string of the molecule is CC(F)(P)C(F)I. The molecule has 0 bridgehead atoms. The van der Waals surface area contributed by atoms with Crippen LogP contribution in [0.15, 0.2) is 0 Å². The summed E-state index contributed by atoms with van der Waals surface area (Å²) in [5.74, 6) is 0. The Morgan fingerprint density at radius 2 is 2.00 bits per heavy atom. The Hall–Kier alpha value is 1.02. The largest absolute Gasteiger partial charge is 0.236 e. The van der Waals surface area contributed by atoms with Crippen molar-refractivity contribution in [2.24, 2.45) is 0 Å². The summed E-state index contributed by atoms with van der Waals surface area (Å²) in [6.45, 7) is 1.18. The second kappa shape index (κ2) is 2.53. The van der Waals surface area contributed by atoms with Crippen LogP contribution in [0.4, 0.5) is 8.78 Å². The molecule has 44 valence electrons. The van der Waals surface area contributed by atoms with Gasteiger partial charge in [-0.25, -0.2) is 8.78 Å². The van der Waals surface area contributed by atoms with Crippen molar-refractivity contribution < 1.29 is 8.78 Å². The molecule has 0 aliphatic carbocycles. The fourth-order valence-electron chi connectivity index (χ4n) is 0. The van der Waals surface area contributed by atoms with E-state index in [0.717, 1.165) is 0 Å². The Morgan fingerprint density at radius 1 is 1.86 bits per heavy atom. The molecule has 0 heterocycles. The van der Waals surface area contributed by atoms with E-state index in [-0.39, 0.29) is 0 Å². The van der Waals surface area contributed by atoms with Gasteiger partial charge in [-0.3, -0.25) is 0 Å². The van der Waals surface area contributed by atoms with Gasteiger partial charge in [0.1, 0.15) is 0 Å². The van der Waals surface area contributed by atoms with Gasteiger partial charge in [-0.1, -0.05) is 9.24 Å². The van der Waals surface area contributed by atoms with E-state index in [1.807, 2.05) is 0 Å². The van der Waals surface area contributed by atoms with Crippen LogP contribution in [-0.2, 0) is 0 Å². The highest BCUT2D eigenvalue weighted by molar-refractivity contribution is 14.1. The predicted octanol–water partition coefficient (Wildman–Crippen LogP) is 2.28. The summed E-state index contributed by atoms with van der Waals surface area (Å²) in [5.41, 5.74) is 0. The van der Waals surface area contributed by atoms with Crippen LogP contribution in [0.1, 0.15) is 6.92 Å². The standard InChI is InChI=1S/C3H6F2IP/c1-3(5,7)2(4)6/h2H,7H2,1H3. The van der Waals surface area contributed by atoms with Crippen molar-refractivity contribution in [3.63, 3.8) is 0 Å². The average Bonchev–Trinajstić information content (AvgIpc) is 1.31. The Kier molecular flexibility index (Phi) is 2.90. The smallest absolute Gasteiger partial charge is 0.187 e. The van der Waals surface area contributed by atoms with Gasteiger partial charge in [-0.2, -0.15) is 0 Å². The normalized spacial score (nSPS) is 23.6. The number of rotatable bonds is 1. The molecule has 0 rings (SSSR count). The van der Waals surface area contributed by atoms with E-state index < -0.39 is 9.59 Å². The quantitative estimate of drug-likeness (QED) is 0.373. The van der Waals surface area contributed by atoms with Crippen LogP contribution in [0, 0.1) is 0 Å². The van der Waals surface area contributed by atoms with Gasteiger partial charge in [0.05, 0.1) is 0 Å². The van der Waals surface area contributed by atoms with Crippen LogP contribution in [0.25, 0.3) is 0 Å². The maximum atomic E-state index is 12.1. The number of hydrogen-bond donors (Lipinski definition) is 0. The molecule has 3 atom stereocenters. The van der Waals surface area contributed by atoms with Gasteiger partial charge in [0.15, 0.2) is 9.59 Å². The zero-order chi connectivity index (χ0) is 6.08. The number of hydrogen-bond acceptors (Lipinski definition) is 0. The Balaban J connectivity index is 3.54. The van der Waals surface area contributed by atoms with E-state index in [1.165, 1.54) is 29.5 Å². The van der Waals surface area contributed by atoms with Crippen molar-refractivity contribution in [3.8, 4) is 0 Å². The predicted molar refractivity (Wildman–Crippen MR) is 38.1 cm³/mol. The monoisotopic (exact) mass is 238 g/mol. The third kappa shape index (κ3) is 3.59. The first-order chi connectivity index (χ1) is 2.94. The van der Waals surface area contributed by atoms with Crippen LogP contribution in [0.5, 0.6) is 0 Å². The van der Waals surface area contributed by atoms with Gasteiger partial charge in [0.25, 0.3) is 0 Å². The summed E-state index contributed by atoms with van der Waals surface area (Å²) in [6.07, 6.45) is 0. The lowest BCUT2D eigenvalue weighted by atomic mass is 10.5. The van der Waals surface area contributed by atoms with E-state index >= 15 is 0 Å². The summed E-state index contributed by atoms with van der Waals surface area (Å²) in [7, 11) is 1.78. The molecule has 4 heteroatoms. The van der Waals surface area contributed by atoms with Gasteiger partial charge in [0, 0.05) is 0 Å². The van der Waals surface area contributed by atoms with Crippen molar-refractivity contribution >= 4 is 31.8 Å². The molecular weight excluding hydrogens is 232 g/mol. The van der Waals surface area contributed by atoms with E-state index in [0.29, 0.717) is 0 Å². The van der Waals surface area contributed by atoms with E-state index in [4.69, 9.17) is 0 Å². The maximum absolute atomic E-state index is 12.1. The molecule has 0 aromatic rings. The molecule has 0 aliphatic heterocycles. The van der Waals surface area contributed by atoms with Gasteiger partial charge >= 0.3 is 0 Å². The summed E-state index contributed by atoms with van der Waals surface area (Å²) >= 11 is 1.39. The highest BCUT2D eigenvalue weighted by Crippen LogP contribution is 2.30. The minimum atomic E-state index is -1.76. The van der Waals surface area contributed by atoms with Gasteiger partial charge in [-0.05, 0) is 29.5 Å². The van der Waals surface area contributed by atoms with Crippen LogP contribution >= 0.6 is 31.8 Å². The van der Waals surface area contributed by atoms with Crippen molar-refractivity contribution in [1.29, 1.82) is 0 Å². The maximum Gasteiger partial charge on any atom is 0.187 e. The zero-order valence-corrected chi connectivity index (χ0v) is 7.10. The minimum Gasteiger partial charge on any atom is -0.236 e. The molecule has 0 radical (unpaired) electrons. The Labute approximate surface area is 57.4 Å². The fourth-order valence-corrected chi connectivity index (χ4v) is 0. The highest BCUT2D eigenvalue weighted by Gasteiger charge is 2.25. The van der Waals surface area contributed by atoms with Crippen molar-refractivity contribution in [2.45, 2.75) is 16.5 Å². The van der Waals surface area contributed by atoms with Gasteiger partial charge in [-0.15, -0.1) is 0 Å². The van der Waals surface area contributed by atoms with Crippen molar-refractivity contribution in [2.75, 3.05) is 0 Å². The van der Waals surface area contributed by atoms with E-state index in [2.05, 4.69) is 0 Å². The van der Waals surface area contributed by atoms with Crippen LogP contribution in [0.2, 0.25) is 0 Å². The summed E-state index contributed by atoms with van der Waals surface area (Å²) in [4.78, 5) is 0. The second-order valence-corrected chi connectivity index (χ2v) is 3.67. The topological polar surface area (TPSA) is 0 Å². The van der Waals surface area contributed by atoms with E-state index in [1.54, 1.807) is 9.24 Å². The molecular formula is C3H6F2IP. The summed E-state index contributed by atoms with van der Waals surface area (Å²) < 4.78 is 22.5. The number of halogens is 3. The summed E-state index contributed by atoms with van der Waals surface area (Å²) in [5, 5.41) is -1.76. The van der Waals surface area contributed by atoms with Gasteiger partial charge < -0.3 is 0 Å². The molecule has 0 aromatic carbocycles. The Bertz CT molecular complexity index is 58.4. The molecule has 0 amide bonds. The first-order valence-electron chi connectivity index (χ1n) is 1.70. The minimum absolute atomic E-state index is 1.18. The van der Waals surface area contributed by atoms with Crippen molar-refractivity contribution in [3.05, 3.63) is 0 Å². The Morgan fingerprint density at radius 3 is 2.00 bits per heavy atom. The molecule has 3 unspecified atom stereocenters. The van der Waals surface area contributed by atoms with Crippen LogP contribution < -0.4 is 0 Å². The van der Waals surface area contributed by atoms with Crippen LogP contribution in [-0.4, -0.2) is 9.59 Å². The first kappa shape index (κ1) is 8.02. The highest BCUT2D eigenvalue weighted by atomic mass is 127. The molecule has 0 aliphatic rings. The lowest BCUT2D eigenvalue weighted by Gasteiger charge is -2.12. The second-order valence-electron chi connectivity index (χ2n) is 1.45. The molecule has 0 saturated carbocycles. The van der Waals surface area contributed by atoms with Gasteiger partial charge in [0.2, 0.25) is 0 Å². The molecule has 0 aromatic heterocycles. The molecule has 0 nitrogen and oxygen atoms in total. The molecule has 7 heavy (non-hydrogen) atoms. The van der Waals surface area contributed by atoms with Crippen molar-refractivity contribution in [1.82, 2.24) is 0 Å². The summed E-state index contributed by atoms with van der Waals surface area (Å²) in [6, 6.07) is 0. The van der Waals surface area contributed by atoms with E-state index in [9.17, 15) is 8.78 Å².